The van der Waals surface area contributed by atoms with E-state index in [1.807, 2.05) is 0 Å². The van der Waals surface area contributed by atoms with Crippen molar-refractivity contribution in [2.75, 3.05) is 0 Å². The van der Waals surface area contributed by atoms with Crippen molar-refractivity contribution < 1.29 is 14.3 Å². The van der Waals surface area contributed by atoms with Crippen molar-refractivity contribution in [2.45, 2.75) is 77.1 Å². The number of ether oxygens (including phenoxy) is 2. The second-order valence-electron chi connectivity index (χ2n) is 8.42. The molecule has 0 aromatic rings. The van der Waals surface area contributed by atoms with Gasteiger partial charge in [0.2, 0.25) is 0 Å². The molecule has 3 nitrogen and oxygen atoms in total. The molecule has 0 aromatic carbocycles. The Labute approximate surface area is 145 Å². The average Bonchev–Trinajstić information content (AvgIpc) is 3.45. The zero-order valence-electron chi connectivity index (χ0n) is 14.9. The monoisotopic (exact) mass is 330 g/mol. The number of esters is 1. The molecule has 0 unspecified atom stereocenters. The van der Waals surface area contributed by atoms with Gasteiger partial charge in [-0.2, -0.15) is 0 Å². The van der Waals surface area contributed by atoms with E-state index in [-0.39, 0.29) is 12.1 Å². The minimum atomic E-state index is 0.00206. The number of rotatable bonds is 2. The molecule has 1 saturated heterocycles. The first kappa shape index (κ1) is 16.4. The fourth-order valence-electron chi connectivity index (χ4n) is 4.89. The molecule has 3 fully saturated rings. The average molecular weight is 330 g/mol. The van der Waals surface area contributed by atoms with E-state index in [4.69, 9.17) is 9.47 Å². The molecule has 2 saturated carbocycles. The van der Waals surface area contributed by atoms with E-state index in [1.54, 1.807) is 0 Å². The zero-order valence-corrected chi connectivity index (χ0v) is 14.9. The maximum Gasteiger partial charge on any atom is 0.306 e. The van der Waals surface area contributed by atoms with Gasteiger partial charge in [0.1, 0.15) is 6.10 Å². The molecule has 2 aliphatic carbocycles. The summed E-state index contributed by atoms with van der Waals surface area (Å²) >= 11 is 0. The molecule has 132 valence electrons. The Kier molecular flexibility index (Phi) is 4.32. The smallest absolute Gasteiger partial charge is 0.306 e. The Morgan fingerprint density at radius 2 is 2.12 bits per heavy atom. The van der Waals surface area contributed by atoms with E-state index in [0.29, 0.717) is 41.8 Å². The Morgan fingerprint density at radius 3 is 2.92 bits per heavy atom. The van der Waals surface area contributed by atoms with E-state index < -0.39 is 0 Å². The molecular weight excluding hydrogens is 300 g/mol. The van der Waals surface area contributed by atoms with Crippen LogP contribution in [0.15, 0.2) is 24.3 Å². The number of carbonyl (C=O) groups is 1. The highest BCUT2D eigenvalue weighted by Crippen LogP contribution is 2.61. The normalized spacial score (nSPS) is 50.3. The molecule has 0 aromatic heterocycles. The summed E-state index contributed by atoms with van der Waals surface area (Å²) in [5.41, 5.74) is 0.363. The molecule has 4 rings (SSSR count). The third kappa shape index (κ3) is 3.08. The molecule has 24 heavy (non-hydrogen) atoms. The molecule has 0 spiro atoms. The minimum Gasteiger partial charge on any atom is -0.462 e. The van der Waals surface area contributed by atoms with Gasteiger partial charge in [-0.15, -0.1) is 0 Å². The summed E-state index contributed by atoms with van der Waals surface area (Å²) in [7, 11) is 0. The topological polar surface area (TPSA) is 38.8 Å². The van der Waals surface area contributed by atoms with Crippen LogP contribution in [0.25, 0.3) is 0 Å². The third-order valence-electron chi connectivity index (χ3n) is 6.86. The van der Waals surface area contributed by atoms with E-state index in [0.717, 1.165) is 25.7 Å². The molecule has 3 heteroatoms. The van der Waals surface area contributed by atoms with Crippen LogP contribution in [0.4, 0.5) is 0 Å². The van der Waals surface area contributed by atoms with E-state index >= 15 is 0 Å². The molecule has 7 atom stereocenters. The van der Waals surface area contributed by atoms with E-state index in [9.17, 15) is 4.79 Å². The summed E-state index contributed by atoms with van der Waals surface area (Å²) < 4.78 is 11.9. The highest BCUT2D eigenvalue weighted by Gasteiger charge is 2.63. The maximum absolute atomic E-state index is 12.4. The molecule has 0 N–H and O–H groups in total. The van der Waals surface area contributed by atoms with Crippen LogP contribution >= 0.6 is 0 Å². The van der Waals surface area contributed by atoms with Crippen molar-refractivity contribution in [3.63, 3.8) is 0 Å². The molecule has 0 amide bonds. The van der Waals surface area contributed by atoms with Crippen LogP contribution in [0.2, 0.25) is 0 Å². The lowest BCUT2D eigenvalue weighted by atomic mass is 9.84. The Hall–Kier alpha value is -1.09. The van der Waals surface area contributed by atoms with Crippen LogP contribution in [0, 0.1) is 23.2 Å². The van der Waals surface area contributed by atoms with Crippen molar-refractivity contribution in [3.8, 4) is 0 Å². The molecular formula is C21H30O3. The Morgan fingerprint density at radius 1 is 1.25 bits per heavy atom. The molecule has 0 bridgehead atoms. The predicted molar refractivity (Wildman–Crippen MR) is 93.4 cm³/mol. The summed E-state index contributed by atoms with van der Waals surface area (Å²) in [6.45, 7) is 4.62. The quantitative estimate of drug-likeness (QED) is 0.427. The van der Waals surface area contributed by atoms with Crippen molar-refractivity contribution in [2.24, 2.45) is 23.2 Å². The number of cyclic esters (lactones) is 1. The lowest BCUT2D eigenvalue weighted by Crippen LogP contribution is -2.34. The molecule has 0 radical (unpaired) electrons. The minimum absolute atomic E-state index is 0.00206. The standard InChI is InChI=1S/C21H30O3/c1-3-21(2)13-16(21)19-15-12-17-20(23-17)14(15)10-8-6-4-5-7-9-11-18(22)24-19/h4-5,8,10,14-17,19-20H,3,6-7,9,11-13H2,1-2H3/b5-4-,10-8-/t14-,15+,16-,17-,19-,20+,21-/m0/s1. The van der Waals surface area contributed by atoms with Crippen LogP contribution in [0.3, 0.4) is 0 Å². The third-order valence-corrected chi connectivity index (χ3v) is 6.86. The Balaban J connectivity index is 1.57. The van der Waals surface area contributed by atoms with Gasteiger partial charge < -0.3 is 9.47 Å². The van der Waals surface area contributed by atoms with E-state index in [1.165, 1.54) is 12.8 Å². The lowest BCUT2D eigenvalue weighted by Gasteiger charge is -2.30. The first-order chi connectivity index (χ1) is 11.6. The highest BCUT2D eigenvalue weighted by atomic mass is 16.6. The summed E-state index contributed by atoms with van der Waals surface area (Å²) in [6.07, 6.45) is 16.7. The highest BCUT2D eigenvalue weighted by molar-refractivity contribution is 5.69. The SMILES string of the molecule is CC[C@@]1(C)C[C@H]1[C@H]1OC(=O)CCC/C=C\C/C=C\[C@H]2[C@H]1C[C@@H]1O[C@H]21. The van der Waals surface area contributed by atoms with Gasteiger partial charge in [-0.1, -0.05) is 44.6 Å². The van der Waals surface area contributed by atoms with Gasteiger partial charge in [-0.3, -0.25) is 4.79 Å². The van der Waals surface area contributed by atoms with E-state index in [2.05, 4.69) is 38.2 Å². The number of epoxide rings is 1. The number of carbonyl (C=O) groups excluding carboxylic acids is 1. The maximum atomic E-state index is 12.4. The van der Waals surface area contributed by atoms with Crippen LogP contribution in [-0.4, -0.2) is 24.3 Å². The van der Waals surface area contributed by atoms with Crippen molar-refractivity contribution in [3.05, 3.63) is 24.3 Å². The largest absolute Gasteiger partial charge is 0.462 e. The van der Waals surface area contributed by atoms with Gasteiger partial charge in [0, 0.05) is 24.2 Å². The van der Waals surface area contributed by atoms with Gasteiger partial charge in [0.15, 0.2) is 0 Å². The van der Waals surface area contributed by atoms with Crippen molar-refractivity contribution in [1.82, 2.24) is 0 Å². The molecule has 2 heterocycles. The first-order valence-electron chi connectivity index (χ1n) is 9.79. The van der Waals surface area contributed by atoms with Gasteiger partial charge in [0.05, 0.1) is 12.2 Å². The predicted octanol–water partition coefficient (Wildman–Crippen LogP) is 4.42. The number of hydrogen-bond acceptors (Lipinski definition) is 3. The number of fused-ring (bicyclic) bond motifs is 3. The lowest BCUT2D eigenvalue weighted by molar-refractivity contribution is -0.155. The fourth-order valence-corrected chi connectivity index (χ4v) is 4.89. The van der Waals surface area contributed by atoms with Crippen LogP contribution in [-0.2, 0) is 14.3 Å². The second-order valence-corrected chi connectivity index (χ2v) is 8.42. The number of hydrogen-bond donors (Lipinski definition) is 0. The van der Waals surface area contributed by atoms with Gasteiger partial charge in [-0.05, 0) is 37.5 Å². The molecule has 4 aliphatic rings. The number of allylic oxidation sites excluding steroid dienone is 3. The van der Waals surface area contributed by atoms with Crippen molar-refractivity contribution >= 4 is 5.97 Å². The fraction of sp³-hybridized carbons (Fsp3) is 0.762. The van der Waals surface area contributed by atoms with Gasteiger partial charge in [-0.25, -0.2) is 0 Å². The first-order valence-corrected chi connectivity index (χ1v) is 9.79. The summed E-state index contributed by atoms with van der Waals surface area (Å²) in [5, 5.41) is 0. The van der Waals surface area contributed by atoms with Crippen molar-refractivity contribution in [1.29, 1.82) is 0 Å². The van der Waals surface area contributed by atoms with Gasteiger partial charge in [0.25, 0.3) is 0 Å². The Bertz CT molecular complexity index is 551. The summed E-state index contributed by atoms with van der Waals surface area (Å²) in [5.74, 6) is 1.40. The van der Waals surface area contributed by atoms with Crippen LogP contribution in [0.1, 0.15) is 58.8 Å². The van der Waals surface area contributed by atoms with Gasteiger partial charge >= 0.3 is 5.97 Å². The second kappa shape index (κ2) is 6.33. The van der Waals surface area contributed by atoms with Crippen LogP contribution in [0.5, 0.6) is 0 Å². The summed E-state index contributed by atoms with van der Waals surface area (Å²) in [4.78, 5) is 12.4. The van der Waals surface area contributed by atoms with Crippen LogP contribution < -0.4 is 0 Å². The molecule has 2 aliphatic heterocycles. The zero-order chi connectivity index (χ0) is 16.7. The summed E-state index contributed by atoms with van der Waals surface area (Å²) in [6, 6.07) is 0.